The zero-order valence-electron chi connectivity index (χ0n) is 17.4. The molecule has 2 N–H and O–H groups in total. The molecule has 1 heterocycles. The molecule has 1 fully saturated rings. The first-order chi connectivity index (χ1) is 14.5. The Hall–Kier alpha value is -2.79. The topological polar surface area (TPSA) is 57.3 Å². The average molecular weight is 423 g/mol. The largest absolute Gasteiger partial charge is 0.377 e. The van der Waals surface area contributed by atoms with E-state index in [4.69, 9.17) is 16.6 Å². The van der Waals surface area contributed by atoms with Crippen molar-refractivity contribution in [3.8, 4) is 0 Å². The van der Waals surface area contributed by atoms with Crippen LogP contribution in [0.1, 0.15) is 36.0 Å². The molecule has 0 unspecified atom stereocenters. The molecule has 2 aromatic carbocycles. The molecule has 1 aliphatic carbocycles. The van der Waals surface area contributed by atoms with Crippen LogP contribution < -0.4 is 15.5 Å². The average Bonchev–Trinajstić information content (AvgIpc) is 2.74. The zero-order chi connectivity index (χ0) is 21.1. The summed E-state index contributed by atoms with van der Waals surface area (Å²) in [6.07, 6.45) is 3.87. The van der Waals surface area contributed by atoms with Crippen molar-refractivity contribution in [2.45, 2.75) is 37.8 Å². The SMILES string of the molecule is CN(C)c1cc(NC2CCC(NC(=O)c3cccc(Cl)c3)CC2)nc2ccccc12. The molecule has 3 aromatic rings. The highest BCUT2D eigenvalue weighted by Crippen LogP contribution is 2.29. The highest BCUT2D eigenvalue weighted by molar-refractivity contribution is 6.30. The minimum atomic E-state index is -0.0549. The molecule has 1 amide bonds. The van der Waals surface area contributed by atoms with E-state index < -0.39 is 0 Å². The molecule has 0 aliphatic heterocycles. The highest BCUT2D eigenvalue weighted by atomic mass is 35.5. The van der Waals surface area contributed by atoms with Gasteiger partial charge in [0, 0.05) is 53.9 Å². The lowest BCUT2D eigenvalue weighted by Crippen LogP contribution is -2.40. The second-order valence-corrected chi connectivity index (χ2v) is 8.55. The van der Waals surface area contributed by atoms with Gasteiger partial charge in [-0.3, -0.25) is 4.79 Å². The number of pyridine rings is 1. The van der Waals surface area contributed by atoms with E-state index in [-0.39, 0.29) is 11.9 Å². The molecule has 5 nitrogen and oxygen atoms in total. The molecule has 0 saturated heterocycles. The zero-order valence-corrected chi connectivity index (χ0v) is 18.1. The Labute approximate surface area is 182 Å². The fourth-order valence-electron chi connectivity index (χ4n) is 4.09. The summed E-state index contributed by atoms with van der Waals surface area (Å²) in [5.74, 6) is 0.851. The van der Waals surface area contributed by atoms with Crippen molar-refractivity contribution in [2.75, 3.05) is 24.3 Å². The third kappa shape index (κ3) is 4.68. The quantitative estimate of drug-likeness (QED) is 0.600. The van der Waals surface area contributed by atoms with E-state index in [1.807, 2.05) is 12.1 Å². The fourth-order valence-corrected chi connectivity index (χ4v) is 4.28. The Morgan fingerprint density at radius 2 is 1.73 bits per heavy atom. The van der Waals surface area contributed by atoms with Crippen LogP contribution >= 0.6 is 11.6 Å². The molecule has 0 bridgehead atoms. The summed E-state index contributed by atoms with van der Waals surface area (Å²) in [5, 5.41) is 8.49. The number of carbonyl (C=O) groups excluding carboxylic acids is 1. The minimum absolute atomic E-state index is 0.0549. The number of hydrogen-bond acceptors (Lipinski definition) is 4. The van der Waals surface area contributed by atoms with Gasteiger partial charge in [0.2, 0.25) is 0 Å². The molecule has 6 heteroatoms. The van der Waals surface area contributed by atoms with Crippen LogP contribution in [0.5, 0.6) is 0 Å². The number of nitrogens with zero attached hydrogens (tertiary/aromatic N) is 2. The summed E-state index contributed by atoms with van der Waals surface area (Å²) in [6.45, 7) is 0. The van der Waals surface area contributed by atoms with Crippen molar-refractivity contribution in [3.63, 3.8) is 0 Å². The summed E-state index contributed by atoms with van der Waals surface area (Å²) < 4.78 is 0. The molecule has 0 spiro atoms. The molecular formula is C24H27ClN4O. The lowest BCUT2D eigenvalue weighted by atomic mass is 9.91. The number of rotatable bonds is 5. The van der Waals surface area contributed by atoms with Crippen LogP contribution in [-0.2, 0) is 0 Å². The van der Waals surface area contributed by atoms with Crippen LogP contribution in [0, 0.1) is 0 Å². The number of aromatic nitrogens is 1. The van der Waals surface area contributed by atoms with Crippen LogP contribution in [0.15, 0.2) is 54.6 Å². The first-order valence-corrected chi connectivity index (χ1v) is 10.8. The first kappa shape index (κ1) is 20.5. The van der Waals surface area contributed by atoms with Crippen LogP contribution in [-0.4, -0.2) is 37.1 Å². The van der Waals surface area contributed by atoms with E-state index in [0.717, 1.165) is 48.1 Å². The van der Waals surface area contributed by atoms with Gasteiger partial charge < -0.3 is 15.5 Å². The summed E-state index contributed by atoms with van der Waals surface area (Å²) in [6, 6.07) is 18.0. The van der Waals surface area contributed by atoms with Gasteiger partial charge in [-0.25, -0.2) is 4.98 Å². The van der Waals surface area contributed by atoms with Crippen molar-refractivity contribution in [3.05, 3.63) is 65.2 Å². The van der Waals surface area contributed by atoms with E-state index in [2.05, 4.69) is 47.8 Å². The van der Waals surface area contributed by atoms with Gasteiger partial charge in [0.15, 0.2) is 0 Å². The van der Waals surface area contributed by atoms with Crippen LogP contribution in [0.4, 0.5) is 11.5 Å². The molecule has 156 valence electrons. The smallest absolute Gasteiger partial charge is 0.251 e. The van der Waals surface area contributed by atoms with Gasteiger partial charge in [0.25, 0.3) is 5.91 Å². The van der Waals surface area contributed by atoms with Crippen LogP contribution in [0.2, 0.25) is 5.02 Å². The van der Waals surface area contributed by atoms with Gasteiger partial charge in [0.1, 0.15) is 5.82 Å². The van der Waals surface area contributed by atoms with Gasteiger partial charge in [-0.05, 0) is 49.9 Å². The van der Waals surface area contributed by atoms with E-state index >= 15 is 0 Å². The lowest BCUT2D eigenvalue weighted by Gasteiger charge is -2.30. The number of anilines is 2. The number of halogens is 1. The second-order valence-electron chi connectivity index (χ2n) is 8.11. The van der Waals surface area contributed by atoms with Gasteiger partial charge in [-0.1, -0.05) is 35.9 Å². The number of fused-ring (bicyclic) bond motifs is 1. The number of hydrogen-bond donors (Lipinski definition) is 2. The number of amides is 1. The molecule has 0 radical (unpaired) electrons. The van der Waals surface area contributed by atoms with Crippen molar-refractivity contribution in [2.24, 2.45) is 0 Å². The normalized spacial score (nSPS) is 18.8. The Balaban J connectivity index is 1.37. The van der Waals surface area contributed by atoms with Crippen LogP contribution in [0.25, 0.3) is 10.9 Å². The van der Waals surface area contributed by atoms with E-state index in [1.165, 1.54) is 0 Å². The maximum atomic E-state index is 12.5. The maximum absolute atomic E-state index is 12.5. The van der Waals surface area contributed by atoms with Gasteiger partial charge in [0.05, 0.1) is 5.52 Å². The van der Waals surface area contributed by atoms with E-state index in [1.54, 1.807) is 24.3 Å². The van der Waals surface area contributed by atoms with E-state index in [0.29, 0.717) is 16.6 Å². The highest BCUT2D eigenvalue weighted by Gasteiger charge is 2.23. The monoisotopic (exact) mass is 422 g/mol. The molecular weight excluding hydrogens is 396 g/mol. The Morgan fingerprint density at radius 3 is 2.47 bits per heavy atom. The summed E-state index contributed by atoms with van der Waals surface area (Å²) in [4.78, 5) is 19.4. The summed E-state index contributed by atoms with van der Waals surface area (Å²) in [5.41, 5.74) is 2.76. The Kier molecular flexibility index (Phi) is 6.09. The van der Waals surface area contributed by atoms with Crippen LogP contribution in [0.3, 0.4) is 0 Å². The Morgan fingerprint density at radius 1 is 1.00 bits per heavy atom. The van der Waals surface area contributed by atoms with Gasteiger partial charge in [-0.2, -0.15) is 0 Å². The second kappa shape index (κ2) is 8.92. The number of nitrogens with one attached hydrogen (secondary N) is 2. The number of para-hydroxylation sites is 1. The molecule has 1 aromatic heterocycles. The molecule has 1 aliphatic rings. The Bertz CT molecular complexity index is 1040. The lowest BCUT2D eigenvalue weighted by molar-refractivity contribution is 0.0926. The van der Waals surface area contributed by atoms with E-state index in [9.17, 15) is 4.79 Å². The minimum Gasteiger partial charge on any atom is -0.377 e. The first-order valence-electron chi connectivity index (χ1n) is 10.4. The third-order valence-electron chi connectivity index (χ3n) is 5.68. The maximum Gasteiger partial charge on any atom is 0.251 e. The predicted molar refractivity (Wildman–Crippen MR) is 125 cm³/mol. The predicted octanol–water partition coefficient (Wildman–Crippen LogP) is 5.11. The third-order valence-corrected chi connectivity index (χ3v) is 5.91. The summed E-state index contributed by atoms with van der Waals surface area (Å²) >= 11 is 6.00. The van der Waals surface area contributed by atoms with Crippen molar-refractivity contribution < 1.29 is 4.79 Å². The fraction of sp³-hybridized carbons (Fsp3) is 0.333. The number of carbonyl (C=O) groups is 1. The van der Waals surface area contributed by atoms with Crippen molar-refractivity contribution in [1.82, 2.24) is 10.3 Å². The molecule has 4 rings (SSSR count). The molecule has 30 heavy (non-hydrogen) atoms. The number of benzene rings is 2. The molecule has 0 atom stereocenters. The van der Waals surface area contributed by atoms with Gasteiger partial charge in [-0.15, -0.1) is 0 Å². The van der Waals surface area contributed by atoms with Gasteiger partial charge >= 0.3 is 0 Å². The molecule has 1 saturated carbocycles. The standard InChI is InChI=1S/C24H27ClN4O/c1-29(2)22-15-23(28-21-9-4-3-8-20(21)22)26-18-10-12-19(13-11-18)27-24(30)16-6-5-7-17(25)14-16/h3-9,14-15,18-19H,10-13H2,1-2H3,(H,26,28)(H,27,30). The van der Waals surface area contributed by atoms with Crippen molar-refractivity contribution >= 4 is 39.9 Å². The summed E-state index contributed by atoms with van der Waals surface area (Å²) in [7, 11) is 4.11. The van der Waals surface area contributed by atoms with Crippen molar-refractivity contribution in [1.29, 1.82) is 0 Å².